The number of anilines is 1. The Morgan fingerprint density at radius 1 is 1.15 bits per heavy atom. The highest BCUT2D eigenvalue weighted by Gasteiger charge is 2.14. The Morgan fingerprint density at radius 3 is 2.65 bits per heavy atom. The van der Waals surface area contributed by atoms with E-state index < -0.39 is 6.09 Å². The van der Waals surface area contributed by atoms with E-state index in [2.05, 4.69) is 29.5 Å². The summed E-state index contributed by atoms with van der Waals surface area (Å²) in [6, 6.07) is 7.97. The van der Waals surface area contributed by atoms with Crippen molar-refractivity contribution in [3.8, 4) is 5.82 Å². The Hall–Kier alpha value is -2.60. The summed E-state index contributed by atoms with van der Waals surface area (Å²) >= 11 is 5.55. The van der Waals surface area contributed by atoms with Gasteiger partial charge in [0.05, 0.1) is 17.1 Å². The van der Waals surface area contributed by atoms with Crippen molar-refractivity contribution in [2.75, 3.05) is 17.8 Å². The Morgan fingerprint density at radius 2 is 1.92 bits per heavy atom. The summed E-state index contributed by atoms with van der Waals surface area (Å²) in [6.07, 6.45) is -0.573. The lowest BCUT2D eigenvalue weighted by molar-refractivity contribution is 0.168. The average Bonchev–Trinajstić information content (AvgIpc) is 2.94. The van der Waals surface area contributed by atoms with Crippen molar-refractivity contribution < 1.29 is 9.53 Å². The maximum absolute atomic E-state index is 11.9. The molecule has 0 aliphatic carbocycles. The Kier molecular flexibility index (Phi) is 5.13. The zero-order valence-corrected chi connectivity index (χ0v) is 16.0. The number of aromatic nitrogens is 3. The molecule has 0 spiro atoms. The van der Waals surface area contributed by atoms with Gasteiger partial charge in [-0.2, -0.15) is 9.78 Å². The smallest absolute Gasteiger partial charge is 0.412 e. The van der Waals surface area contributed by atoms with E-state index in [1.807, 2.05) is 26.8 Å². The molecule has 2 aromatic heterocycles. The summed E-state index contributed by atoms with van der Waals surface area (Å²) in [5.41, 5.74) is 5.09. The highest BCUT2D eigenvalue weighted by molar-refractivity contribution is 6.18. The molecule has 26 heavy (non-hydrogen) atoms. The first kappa shape index (κ1) is 18.2. The predicted molar refractivity (Wildman–Crippen MR) is 104 cm³/mol. The van der Waals surface area contributed by atoms with Crippen LogP contribution in [0, 0.1) is 27.7 Å². The third-order valence-corrected chi connectivity index (χ3v) is 4.18. The molecule has 0 aliphatic rings. The molecule has 0 fully saturated rings. The third-order valence-electron chi connectivity index (χ3n) is 4.03. The van der Waals surface area contributed by atoms with Gasteiger partial charge in [0.25, 0.3) is 0 Å². The van der Waals surface area contributed by atoms with Crippen molar-refractivity contribution in [1.82, 2.24) is 14.8 Å². The molecule has 7 heteroatoms. The lowest BCUT2D eigenvalue weighted by Gasteiger charge is -2.12. The standard InChI is InChI=1S/C19H21ClN4O2/c1-11-7-13(3)18-15(8-11)12(2)9-16(21-18)24-17(10-14(4)23-24)22-19(25)26-6-5-20/h7-10H,5-6H2,1-4H3,(H,22,25). The molecule has 0 radical (unpaired) electrons. The van der Waals surface area contributed by atoms with Gasteiger partial charge >= 0.3 is 6.09 Å². The lowest BCUT2D eigenvalue weighted by atomic mass is 10.0. The first-order valence-electron chi connectivity index (χ1n) is 8.34. The van der Waals surface area contributed by atoms with Gasteiger partial charge in [0.1, 0.15) is 12.4 Å². The van der Waals surface area contributed by atoms with Gasteiger partial charge in [0.15, 0.2) is 5.82 Å². The first-order chi connectivity index (χ1) is 12.4. The molecule has 6 nitrogen and oxygen atoms in total. The van der Waals surface area contributed by atoms with E-state index in [0.29, 0.717) is 11.6 Å². The van der Waals surface area contributed by atoms with Crippen LogP contribution >= 0.6 is 11.6 Å². The van der Waals surface area contributed by atoms with Gasteiger partial charge in [-0.3, -0.25) is 5.32 Å². The number of hydrogen-bond donors (Lipinski definition) is 1. The number of rotatable bonds is 4. The molecule has 0 bridgehead atoms. The molecule has 3 aromatic rings. The second kappa shape index (κ2) is 7.33. The van der Waals surface area contributed by atoms with Crippen LogP contribution in [0.4, 0.5) is 10.6 Å². The number of pyridine rings is 1. The number of nitrogens with one attached hydrogen (secondary N) is 1. The maximum atomic E-state index is 11.9. The van der Waals surface area contributed by atoms with Crippen LogP contribution in [-0.2, 0) is 4.74 Å². The summed E-state index contributed by atoms with van der Waals surface area (Å²) in [5, 5.41) is 8.28. The van der Waals surface area contributed by atoms with E-state index in [1.165, 1.54) is 5.56 Å². The van der Waals surface area contributed by atoms with Crippen LogP contribution in [-0.4, -0.2) is 33.3 Å². The minimum Gasteiger partial charge on any atom is -0.448 e. The quantitative estimate of drug-likeness (QED) is 0.687. The summed E-state index contributed by atoms with van der Waals surface area (Å²) in [6.45, 7) is 8.17. The molecule has 0 saturated heterocycles. The number of carbonyl (C=O) groups is 1. The van der Waals surface area contributed by atoms with Gasteiger partial charge in [-0.1, -0.05) is 11.6 Å². The minimum absolute atomic E-state index is 0.145. The number of carbonyl (C=O) groups excluding carboxylic acids is 1. The zero-order chi connectivity index (χ0) is 18.8. The number of hydrogen-bond acceptors (Lipinski definition) is 4. The number of benzene rings is 1. The number of amides is 1. The van der Waals surface area contributed by atoms with Gasteiger partial charge in [-0.05, 0) is 51.0 Å². The van der Waals surface area contributed by atoms with Gasteiger partial charge in [-0.25, -0.2) is 9.78 Å². The zero-order valence-electron chi connectivity index (χ0n) is 15.3. The molecule has 0 unspecified atom stereocenters. The fraction of sp³-hybridized carbons (Fsp3) is 0.316. The van der Waals surface area contributed by atoms with E-state index in [4.69, 9.17) is 21.3 Å². The van der Waals surface area contributed by atoms with Gasteiger partial charge < -0.3 is 4.74 Å². The monoisotopic (exact) mass is 372 g/mol. The molecule has 136 valence electrons. The summed E-state index contributed by atoms with van der Waals surface area (Å²) < 4.78 is 6.59. The van der Waals surface area contributed by atoms with Gasteiger partial charge in [-0.15, -0.1) is 11.6 Å². The molecule has 1 aromatic carbocycles. The van der Waals surface area contributed by atoms with Crippen LogP contribution in [0.25, 0.3) is 16.7 Å². The number of aryl methyl sites for hydroxylation is 4. The molecular formula is C19H21ClN4O2. The van der Waals surface area contributed by atoms with Crippen molar-refractivity contribution in [2.45, 2.75) is 27.7 Å². The van der Waals surface area contributed by atoms with Crippen molar-refractivity contribution >= 4 is 34.4 Å². The van der Waals surface area contributed by atoms with Gasteiger partial charge in [0.2, 0.25) is 0 Å². The Balaban J connectivity index is 2.05. The lowest BCUT2D eigenvalue weighted by Crippen LogP contribution is -2.17. The fourth-order valence-corrected chi connectivity index (χ4v) is 3.05. The van der Waals surface area contributed by atoms with Gasteiger partial charge in [0, 0.05) is 11.5 Å². The molecule has 1 amide bonds. The van der Waals surface area contributed by atoms with Crippen molar-refractivity contribution in [3.05, 3.63) is 46.6 Å². The summed E-state index contributed by atoms with van der Waals surface area (Å²) in [7, 11) is 0. The molecule has 1 N–H and O–H groups in total. The first-order valence-corrected chi connectivity index (χ1v) is 8.88. The second-order valence-corrected chi connectivity index (χ2v) is 6.69. The predicted octanol–water partition coefficient (Wildman–Crippen LogP) is 4.44. The number of alkyl halides is 1. The number of nitrogens with zero attached hydrogens (tertiary/aromatic N) is 3. The van der Waals surface area contributed by atoms with Crippen LogP contribution in [0.1, 0.15) is 22.4 Å². The molecule has 3 rings (SSSR count). The Labute approximate surface area is 157 Å². The molecule has 0 aliphatic heterocycles. The van der Waals surface area contributed by atoms with Crippen LogP contribution in [0.2, 0.25) is 0 Å². The van der Waals surface area contributed by atoms with E-state index in [1.54, 1.807) is 10.7 Å². The third kappa shape index (κ3) is 3.65. The SMILES string of the molecule is Cc1cc(C)c2nc(-n3nc(C)cc3NC(=O)OCCCl)cc(C)c2c1. The van der Waals surface area contributed by atoms with Crippen LogP contribution < -0.4 is 5.32 Å². The number of fused-ring (bicyclic) bond motifs is 1. The topological polar surface area (TPSA) is 69.0 Å². The molecular weight excluding hydrogens is 352 g/mol. The van der Waals surface area contributed by atoms with Crippen LogP contribution in [0.15, 0.2) is 24.3 Å². The molecule has 0 atom stereocenters. The van der Waals surface area contributed by atoms with E-state index in [-0.39, 0.29) is 12.5 Å². The fourth-order valence-electron chi connectivity index (χ4n) is 2.97. The highest BCUT2D eigenvalue weighted by Crippen LogP contribution is 2.25. The van der Waals surface area contributed by atoms with E-state index >= 15 is 0 Å². The maximum Gasteiger partial charge on any atom is 0.412 e. The van der Waals surface area contributed by atoms with E-state index in [0.717, 1.165) is 27.7 Å². The van der Waals surface area contributed by atoms with Crippen molar-refractivity contribution in [2.24, 2.45) is 0 Å². The summed E-state index contributed by atoms with van der Waals surface area (Å²) in [4.78, 5) is 16.7. The molecule has 0 saturated carbocycles. The molecule has 2 heterocycles. The van der Waals surface area contributed by atoms with E-state index in [9.17, 15) is 4.79 Å². The average molecular weight is 373 g/mol. The van der Waals surface area contributed by atoms with Crippen molar-refractivity contribution in [3.63, 3.8) is 0 Å². The highest BCUT2D eigenvalue weighted by atomic mass is 35.5. The summed E-state index contributed by atoms with van der Waals surface area (Å²) in [5.74, 6) is 1.39. The van der Waals surface area contributed by atoms with Crippen molar-refractivity contribution in [1.29, 1.82) is 0 Å². The minimum atomic E-state index is -0.573. The Bertz CT molecular complexity index is 981. The second-order valence-electron chi connectivity index (χ2n) is 6.31. The largest absolute Gasteiger partial charge is 0.448 e. The van der Waals surface area contributed by atoms with Crippen LogP contribution in [0.5, 0.6) is 0 Å². The number of halogens is 1. The van der Waals surface area contributed by atoms with Crippen LogP contribution in [0.3, 0.4) is 0 Å². The normalized spacial score (nSPS) is 11.0. The number of ether oxygens (including phenoxy) is 1.